The van der Waals surface area contributed by atoms with E-state index >= 15 is 0 Å². The van der Waals surface area contributed by atoms with Gasteiger partial charge in [-0.05, 0) is 12.8 Å². The number of carboxylic acids is 1. The third-order valence-electron chi connectivity index (χ3n) is 3.39. The van der Waals surface area contributed by atoms with Crippen LogP contribution in [0.3, 0.4) is 0 Å². The number of rotatable bonds is 6. The van der Waals surface area contributed by atoms with E-state index < -0.39 is 5.97 Å². The monoisotopic (exact) mass is 272 g/mol. The largest absolute Gasteiger partial charge is 0.481 e. The number of aliphatic carboxylic acids is 1. The number of nitrogens with zero attached hydrogens (tertiary/aromatic N) is 1. The highest BCUT2D eigenvalue weighted by atomic mass is 32.2. The quantitative estimate of drug-likeness (QED) is 0.421. The summed E-state index contributed by atoms with van der Waals surface area (Å²) in [5, 5.41) is 11.6. The molecule has 0 radical (unpaired) electrons. The van der Waals surface area contributed by atoms with E-state index in [0.29, 0.717) is 12.8 Å². The van der Waals surface area contributed by atoms with Crippen molar-refractivity contribution in [3.8, 4) is 0 Å². The first-order valence-corrected chi connectivity index (χ1v) is 7.06. The molecular weight excluding hydrogens is 256 g/mol. The number of thioether (sulfide) groups is 1. The lowest BCUT2D eigenvalue weighted by Crippen LogP contribution is -2.39. The SMILES string of the molecule is O=CN1C(=O)N[C@@H]2CS[C@H](CCCCC(=O)O)[C@@H]21. The van der Waals surface area contributed by atoms with Crippen LogP contribution < -0.4 is 5.32 Å². The van der Waals surface area contributed by atoms with E-state index in [0.717, 1.165) is 18.6 Å². The minimum absolute atomic E-state index is 0.0529. The first-order chi connectivity index (χ1) is 8.63. The summed E-state index contributed by atoms with van der Waals surface area (Å²) in [6.07, 6.45) is 3.08. The number of fused-ring (bicyclic) bond motifs is 1. The average molecular weight is 272 g/mol. The van der Waals surface area contributed by atoms with Gasteiger partial charge in [0, 0.05) is 17.4 Å². The molecule has 2 N–H and O–H groups in total. The molecule has 2 fully saturated rings. The van der Waals surface area contributed by atoms with E-state index in [1.807, 2.05) is 0 Å². The number of nitrogens with one attached hydrogen (secondary N) is 1. The van der Waals surface area contributed by atoms with Crippen LogP contribution in [0.25, 0.3) is 0 Å². The molecule has 0 spiro atoms. The molecule has 3 atom stereocenters. The summed E-state index contributed by atoms with van der Waals surface area (Å²) >= 11 is 1.75. The number of carboxylic acid groups (broad SMARTS) is 1. The Morgan fingerprint density at radius 2 is 2.33 bits per heavy atom. The molecule has 18 heavy (non-hydrogen) atoms. The van der Waals surface area contributed by atoms with Gasteiger partial charge in [-0.2, -0.15) is 11.8 Å². The number of amides is 3. The third kappa shape index (κ3) is 2.60. The van der Waals surface area contributed by atoms with Crippen molar-refractivity contribution in [3.63, 3.8) is 0 Å². The molecule has 0 unspecified atom stereocenters. The lowest BCUT2D eigenvalue weighted by atomic mass is 10.0. The van der Waals surface area contributed by atoms with Crippen molar-refractivity contribution in [1.29, 1.82) is 0 Å². The number of hydrogen-bond acceptors (Lipinski definition) is 4. The van der Waals surface area contributed by atoms with Crippen molar-refractivity contribution in [2.24, 2.45) is 0 Å². The molecule has 7 heteroatoms. The van der Waals surface area contributed by atoms with Crippen LogP contribution in [-0.2, 0) is 9.59 Å². The summed E-state index contributed by atoms with van der Waals surface area (Å²) < 4.78 is 0. The predicted octanol–water partition coefficient (Wildman–Crippen LogP) is 0.666. The summed E-state index contributed by atoms with van der Waals surface area (Å²) in [4.78, 5) is 34.0. The van der Waals surface area contributed by atoms with E-state index in [-0.39, 0.29) is 29.8 Å². The Hall–Kier alpha value is -1.24. The van der Waals surface area contributed by atoms with Crippen LogP contribution >= 0.6 is 11.8 Å². The zero-order valence-electron chi connectivity index (χ0n) is 9.87. The van der Waals surface area contributed by atoms with Crippen LogP contribution in [0.1, 0.15) is 25.7 Å². The molecule has 0 aliphatic carbocycles. The highest BCUT2D eigenvalue weighted by molar-refractivity contribution is 8.00. The number of carbonyl (C=O) groups is 3. The smallest absolute Gasteiger partial charge is 0.324 e. The topological polar surface area (TPSA) is 86.7 Å². The Labute approximate surface area is 109 Å². The van der Waals surface area contributed by atoms with E-state index in [2.05, 4.69) is 5.32 Å². The molecule has 0 aromatic heterocycles. The zero-order chi connectivity index (χ0) is 13.1. The highest BCUT2D eigenvalue weighted by Crippen LogP contribution is 2.36. The Bertz CT molecular complexity index is 363. The van der Waals surface area contributed by atoms with Gasteiger partial charge in [-0.25, -0.2) is 4.79 Å². The van der Waals surface area contributed by atoms with Gasteiger partial charge in [0.1, 0.15) is 0 Å². The molecule has 2 aliphatic heterocycles. The fraction of sp³-hybridized carbons (Fsp3) is 0.727. The lowest BCUT2D eigenvalue weighted by molar-refractivity contribution is -0.137. The van der Waals surface area contributed by atoms with Crippen LogP contribution in [0.2, 0.25) is 0 Å². The maximum Gasteiger partial charge on any atom is 0.324 e. The van der Waals surface area contributed by atoms with Crippen molar-refractivity contribution in [2.45, 2.75) is 43.0 Å². The maximum atomic E-state index is 11.5. The Morgan fingerprint density at radius 3 is 3.00 bits per heavy atom. The second-order valence-electron chi connectivity index (χ2n) is 4.57. The molecule has 3 amide bonds. The first kappa shape index (κ1) is 13.2. The summed E-state index contributed by atoms with van der Waals surface area (Å²) in [5.41, 5.74) is 0. The van der Waals surface area contributed by atoms with Crippen LogP contribution in [0.15, 0.2) is 0 Å². The first-order valence-electron chi connectivity index (χ1n) is 6.01. The van der Waals surface area contributed by atoms with E-state index in [1.165, 1.54) is 4.90 Å². The van der Waals surface area contributed by atoms with Crippen LogP contribution in [0.4, 0.5) is 4.79 Å². The molecule has 0 bridgehead atoms. The van der Waals surface area contributed by atoms with Crippen LogP contribution in [0, 0.1) is 0 Å². The van der Waals surface area contributed by atoms with Gasteiger partial charge in [0.25, 0.3) is 0 Å². The molecule has 0 aromatic rings. The van der Waals surface area contributed by atoms with Crippen LogP contribution in [0.5, 0.6) is 0 Å². The van der Waals surface area contributed by atoms with Gasteiger partial charge in [0.15, 0.2) is 0 Å². The summed E-state index contributed by atoms with van der Waals surface area (Å²) in [6.45, 7) is 0. The van der Waals surface area contributed by atoms with E-state index in [1.54, 1.807) is 11.8 Å². The molecule has 2 saturated heterocycles. The Kier molecular flexibility index (Phi) is 4.11. The van der Waals surface area contributed by atoms with Crippen LogP contribution in [-0.4, -0.2) is 51.5 Å². The summed E-state index contributed by atoms with van der Waals surface area (Å²) in [7, 11) is 0. The molecule has 2 aliphatic rings. The molecule has 6 nitrogen and oxygen atoms in total. The molecule has 0 aromatic carbocycles. The second kappa shape index (κ2) is 5.60. The van der Waals surface area contributed by atoms with Crippen molar-refractivity contribution < 1.29 is 19.5 Å². The van der Waals surface area contributed by atoms with Gasteiger partial charge in [-0.15, -0.1) is 0 Å². The van der Waals surface area contributed by atoms with Gasteiger partial charge < -0.3 is 10.4 Å². The highest BCUT2D eigenvalue weighted by Gasteiger charge is 2.48. The van der Waals surface area contributed by atoms with Gasteiger partial charge in [0.05, 0.1) is 12.1 Å². The van der Waals surface area contributed by atoms with E-state index in [4.69, 9.17) is 5.11 Å². The number of imide groups is 1. The molecule has 100 valence electrons. The average Bonchev–Trinajstić information content (AvgIpc) is 2.82. The molecule has 0 saturated carbocycles. The fourth-order valence-corrected chi connectivity index (χ4v) is 4.13. The minimum Gasteiger partial charge on any atom is -0.481 e. The second-order valence-corrected chi connectivity index (χ2v) is 5.84. The fourth-order valence-electron chi connectivity index (χ4n) is 2.55. The standard InChI is InChI=1S/C11H16N2O4S/c14-6-13-10-7(12-11(13)17)5-18-8(10)3-1-2-4-9(15)16/h6-8,10H,1-5H2,(H,12,17)(H,15,16)/t7-,8-,10-/m1/s1. The summed E-state index contributed by atoms with van der Waals surface area (Å²) in [5.74, 6) is 0.0452. The number of urea groups is 1. The summed E-state index contributed by atoms with van der Waals surface area (Å²) in [6, 6.07) is -0.321. The van der Waals surface area contributed by atoms with Gasteiger partial charge >= 0.3 is 12.0 Å². The Morgan fingerprint density at radius 1 is 1.56 bits per heavy atom. The normalized spacial score (nSPS) is 30.1. The number of unbranched alkanes of at least 4 members (excludes halogenated alkanes) is 1. The predicted molar refractivity (Wildman–Crippen MR) is 66.4 cm³/mol. The zero-order valence-corrected chi connectivity index (χ0v) is 10.7. The van der Waals surface area contributed by atoms with Gasteiger partial charge in [-0.1, -0.05) is 6.42 Å². The lowest BCUT2D eigenvalue weighted by Gasteiger charge is -2.22. The van der Waals surface area contributed by atoms with E-state index in [9.17, 15) is 14.4 Å². The molecule has 2 heterocycles. The third-order valence-corrected chi connectivity index (χ3v) is 4.88. The Balaban J connectivity index is 1.84. The minimum atomic E-state index is -0.779. The number of carbonyl (C=O) groups excluding carboxylic acids is 2. The van der Waals surface area contributed by atoms with Crippen molar-refractivity contribution in [1.82, 2.24) is 10.2 Å². The van der Waals surface area contributed by atoms with Crippen molar-refractivity contribution >= 4 is 30.2 Å². The number of hydrogen-bond donors (Lipinski definition) is 2. The molecule has 2 rings (SSSR count). The maximum absolute atomic E-state index is 11.5. The molecular formula is C11H16N2O4S. The van der Waals surface area contributed by atoms with Gasteiger partial charge in [-0.3, -0.25) is 14.5 Å². The van der Waals surface area contributed by atoms with Crippen molar-refractivity contribution in [2.75, 3.05) is 5.75 Å². The van der Waals surface area contributed by atoms with Crippen molar-refractivity contribution in [3.05, 3.63) is 0 Å². The van der Waals surface area contributed by atoms with Gasteiger partial charge in [0.2, 0.25) is 6.41 Å².